The zero-order valence-corrected chi connectivity index (χ0v) is 10.3. The number of carbonyl (C=O) groups excluding carboxylic acids is 1. The predicted octanol–water partition coefficient (Wildman–Crippen LogP) is 2.64. The van der Waals surface area contributed by atoms with Crippen LogP contribution in [0, 0.1) is 16.0 Å². The van der Waals surface area contributed by atoms with E-state index in [2.05, 4.69) is 0 Å². The van der Waals surface area contributed by atoms with E-state index in [0.29, 0.717) is 17.8 Å². The molecule has 96 valence electrons. The highest BCUT2D eigenvalue weighted by Crippen LogP contribution is 2.30. The van der Waals surface area contributed by atoms with Gasteiger partial charge >= 0.3 is 0 Å². The molecule has 0 radical (unpaired) electrons. The molecule has 0 amide bonds. The molecule has 1 fully saturated rings. The average Bonchev–Trinajstić information content (AvgIpc) is 2.32. The molecule has 1 saturated carbocycles. The molecule has 1 aromatic rings. The lowest BCUT2D eigenvalue weighted by Crippen LogP contribution is -2.29. The van der Waals surface area contributed by atoms with Gasteiger partial charge < -0.3 is 4.90 Å². The van der Waals surface area contributed by atoms with Gasteiger partial charge in [0.15, 0.2) is 6.29 Å². The van der Waals surface area contributed by atoms with Crippen LogP contribution < -0.4 is 4.90 Å². The van der Waals surface area contributed by atoms with Crippen molar-refractivity contribution < 1.29 is 9.72 Å². The van der Waals surface area contributed by atoms with Crippen molar-refractivity contribution in [2.24, 2.45) is 5.92 Å². The zero-order valence-electron chi connectivity index (χ0n) is 10.3. The molecule has 0 spiro atoms. The number of aldehydes is 1. The molecule has 0 unspecified atom stereocenters. The van der Waals surface area contributed by atoms with E-state index in [1.165, 1.54) is 31.4 Å². The van der Waals surface area contributed by atoms with Crippen LogP contribution in [-0.4, -0.2) is 24.8 Å². The molecular weight excluding hydrogens is 232 g/mol. The number of non-ortho nitro benzene ring substituents is 1. The fourth-order valence-corrected chi connectivity index (χ4v) is 2.26. The van der Waals surface area contributed by atoms with Crippen LogP contribution in [0.2, 0.25) is 0 Å². The normalized spacial score (nSPS) is 14.9. The summed E-state index contributed by atoms with van der Waals surface area (Å²) in [5.74, 6) is 0.685. The van der Waals surface area contributed by atoms with E-state index in [9.17, 15) is 14.9 Å². The van der Waals surface area contributed by atoms with Gasteiger partial charge in [-0.25, -0.2) is 0 Å². The zero-order chi connectivity index (χ0) is 13.1. The number of hydrogen-bond acceptors (Lipinski definition) is 4. The Morgan fingerprint density at radius 1 is 1.50 bits per heavy atom. The van der Waals surface area contributed by atoms with Crippen LogP contribution in [0.3, 0.4) is 0 Å². The Kier molecular flexibility index (Phi) is 3.60. The first-order chi connectivity index (χ1) is 8.61. The Morgan fingerprint density at radius 2 is 2.22 bits per heavy atom. The van der Waals surface area contributed by atoms with Crippen LogP contribution in [-0.2, 0) is 0 Å². The fraction of sp³-hybridized carbons (Fsp3) is 0.462. The lowest BCUT2D eigenvalue weighted by atomic mass is 9.85. The summed E-state index contributed by atoms with van der Waals surface area (Å²) in [6.45, 7) is 0.901. The van der Waals surface area contributed by atoms with Gasteiger partial charge in [0.25, 0.3) is 5.69 Å². The van der Waals surface area contributed by atoms with Crippen LogP contribution in [0.25, 0.3) is 0 Å². The lowest BCUT2D eigenvalue weighted by Gasteiger charge is -2.31. The lowest BCUT2D eigenvalue weighted by molar-refractivity contribution is -0.384. The SMILES string of the molecule is CN(CC1CCC1)c1ccc([N+](=O)[O-])cc1C=O. The highest BCUT2D eigenvalue weighted by Gasteiger charge is 2.21. The van der Waals surface area contributed by atoms with Gasteiger partial charge in [-0.1, -0.05) is 6.42 Å². The molecule has 1 aromatic carbocycles. The van der Waals surface area contributed by atoms with Crippen LogP contribution >= 0.6 is 0 Å². The van der Waals surface area contributed by atoms with Crippen molar-refractivity contribution in [3.8, 4) is 0 Å². The van der Waals surface area contributed by atoms with Crippen molar-refractivity contribution in [2.45, 2.75) is 19.3 Å². The standard InChI is InChI=1S/C13H16N2O3/c1-14(8-10-3-2-4-10)13-6-5-12(15(17)18)7-11(13)9-16/h5-7,9-10H,2-4,8H2,1H3. The van der Waals surface area contributed by atoms with E-state index in [1.54, 1.807) is 6.07 Å². The van der Waals surface area contributed by atoms with Gasteiger partial charge in [0.1, 0.15) is 0 Å². The molecule has 1 aliphatic carbocycles. The summed E-state index contributed by atoms with van der Waals surface area (Å²) >= 11 is 0. The summed E-state index contributed by atoms with van der Waals surface area (Å²) in [7, 11) is 1.92. The molecule has 0 saturated heterocycles. The first kappa shape index (κ1) is 12.5. The first-order valence-electron chi connectivity index (χ1n) is 6.06. The Balaban J connectivity index is 2.20. The van der Waals surface area contributed by atoms with Crippen molar-refractivity contribution in [3.05, 3.63) is 33.9 Å². The van der Waals surface area contributed by atoms with Gasteiger partial charge in [0.2, 0.25) is 0 Å². The number of benzene rings is 1. The van der Waals surface area contributed by atoms with Crippen molar-refractivity contribution in [1.82, 2.24) is 0 Å². The fourth-order valence-electron chi connectivity index (χ4n) is 2.26. The van der Waals surface area contributed by atoms with E-state index in [0.717, 1.165) is 12.2 Å². The third-order valence-corrected chi connectivity index (χ3v) is 3.52. The maximum absolute atomic E-state index is 11.0. The second kappa shape index (κ2) is 5.16. The quantitative estimate of drug-likeness (QED) is 0.456. The number of rotatable bonds is 5. The molecule has 0 atom stereocenters. The number of nitro groups is 1. The molecule has 2 rings (SSSR count). The molecule has 0 N–H and O–H groups in total. The van der Waals surface area contributed by atoms with Gasteiger partial charge in [-0.15, -0.1) is 0 Å². The van der Waals surface area contributed by atoms with Crippen molar-refractivity contribution >= 4 is 17.7 Å². The van der Waals surface area contributed by atoms with E-state index < -0.39 is 4.92 Å². The predicted molar refractivity (Wildman–Crippen MR) is 69.1 cm³/mol. The highest BCUT2D eigenvalue weighted by atomic mass is 16.6. The van der Waals surface area contributed by atoms with E-state index in [1.807, 2.05) is 11.9 Å². The van der Waals surface area contributed by atoms with E-state index >= 15 is 0 Å². The maximum Gasteiger partial charge on any atom is 0.270 e. The Bertz CT molecular complexity index is 469. The number of nitro benzene ring substituents is 1. The molecule has 0 heterocycles. The van der Waals surface area contributed by atoms with Crippen LogP contribution in [0.4, 0.5) is 11.4 Å². The van der Waals surface area contributed by atoms with E-state index in [-0.39, 0.29) is 5.69 Å². The summed E-state index contributed by atoms with van der Waals surface area (Å²) in [6, 6.07) is 4.43. The van der Waals surface area contributed by atoms with Crippen molar-refractivity contribution in [1.29, 1.82) is 0 Å². The molecule has 5 heteroatoms. The topological polar surface area (TPSA) is 63.4 Å². The molecule has 18 heavy (non-hydrogen) atoms. The minimum atomic E-state index is -0.483. The van der Waals surface area contributed by atoms with Gasteiger partial charge in [-0.2, -0.15) is 0 Å². The number of nitrogens with zero attached hydrogens (tertiary/aromatic N) is 2. The summed E-state index contributed by atoms with van der Waals surface area (Å²) < 4.78 is 0. The largest absolute Gasteiger partial charge is 0.374 e. The third kappa shape index (κ3) is 2.50. The van der Waals surface area contributed by atoms with Crippen molar-refractivity contribution in [3.63, 3.8) is 0 Å². The summed E-state index contributed by atoms with van der Waals surface area (Å²) in [5, 5.41) is 10.7. The summed E-state index contributed by atoms with van der Waals surface area (Å²) in [6.07, 6.45) is 4.42. The van der Waals surface area contributed by atoms with Crippen LogP contribution in [0.1, 0.15) is 29.6 Å². The summed E-state index contributed by atoms with van der Waals surface area (Å²) in [4.78, 5) is 23.2. The minimum Gasteiger partial charge on any atom is -0.374 e. The van der Waals surface area contributed by atoms with Gasteiger partial charge in [-0.3, -0.25) is 14.9 Å². The maximum atomic E-state index is 11.0. The molecular formula is C13H16N2O3. The van der Waals surface area contributed by atoms with Gasteiger partial charge in [0, 0.05) is 37.0 Å². The Hall–Kier alpha value is -1.91. The highest BCUT2D eigenvalue weighted by molar-refractivity contribution is 5.85. The minimum absolute atomic E-state index is 0.0436. The average molecular weight is 248 g/mol. The molecule has 0 aliphatic heterocycles. The van der Waals surface area contributed by atoms with Crippen molar-refractivity contribution in [2.75, 3.05) is 18.5 Å². The molecule has 0 aromatic heterocycles. The number of anilines is 1. The third-order valence-electron chi connectivity index (χ3n) is 3.52. The molecule has 5 nitrogen and oxygen atoms in total. The smallest absolute Gasteiger partial charge is 0.270 e. The number of hydrogen-bond donors (Lipinski definition) is 0. The second-order valence-electron chi connectivity index (χ2n) is 4.80. The Labute approximate surface area is 106 Å². The monoisotopic (exact) mass is 248 g/mol. The van der Waals surface area contributed by atoms with Gasteiger partial charge in [-0.05, 0) is 24.8 Å². The summed E-state index contributed by atoms with van der Waals surface area (Å²) in [5.41, 5.74) is 1.10. The second-order valence-corrected chi connectivity index (χ2v) is 4.80. The number of carbonyl (C=O) groups is 1. The van der Waals surface area contributed by atoms with Crippen LogP contribution in [0.15, 0.2) is 18.2 Å². The van der Waals surface area contributed by atoms with Gasteiger partial charge in [0.05, 0.1) is 4.92 Å². The molecule has 1 aliphatic rings. The first-order valence-corrected chi connectivity index (χ1v) is 6.06. The van der Waals surface area contributed by atoms with Crippen LogP contribution in [0.5, 0.6) is 0 Å². The van der Waals surface area contributed by atoms with E-state index in [4.69, 9.17) is 0 Å². The molecule has 0 bridgehead atoms. The Morgan fingerprint density at radius 3 is 2.72 bits per heavy atom.